The quantitative estimate of drug-likeness (QED) is 0.902. The molecule has 2 N–H and O–H groups in total. The Balaban J connectivity index is 1.70. The molecule has 0 bridgehead atoms. The number of carboxylic acids is 1. The molecule has 1 saturated carbocycles. The Morgan fingerprint density at radius 1 is 1.45 bits per heavy atom. The average molecular weight is 302 g/mol. The number of aryl methyl sites for hydroxylation is 1. The molecular weight excluding hydrogens is 280 g/mol. The van der Waals surface area contributed by atoms with E-state index in [0.29, 0.717) is 19.5 Å². The predicted molar refractivity (Wildman–Crippen MR) is 83.8 cm³/mol. The fourth-order valence-corrected chi connectivity index (χ4v) is 3.87. The number of aliphatic carboxylic acids is 1. The molecule has 3 rings (SSSR count). The Kier molecular flexibility index (Phi) is 3.81. The molecule has 0 aromatic heterocycles. The number of hydrogen-bond acceptors (Lipinski definition) is 2. The summed E-state index contributed by atoms with van der Waals surface area (Å²) in [4.78, 5) is 25.8. The van der Waals surface area contributed by atoms with E-state index in [1.807, 2.05) is 24.3 Å². The van der Waals surface area contributed by atoms with Crippen LogP contribution in [0.1, 0.15) is 31.7 Å². The van der Waals surface area contributed by atoms with Crippen LogP contribution in [0.3, 0.4) is 0 Å². The molecule has 2 atom stereocenters. The summed E-state index contributed by atoms with van der Waals surface area (Å²) in [6.07, 6.45) is 3.45. The molecule has 1 aromatic rings. The first-order valence-corrected chi connectivity index (χ1v) is 7.93. The van der Waals surface area contributed by atoms with E-state index < -0.39 is 11.4 Å². The van der Waals surface area contributed by atoms with Crippen molar-refractivity contribution in [1.82, 2.24) is 4.90 Å². The van der Waals surface area contributed by atoms with Crippen molar-refractivity contribution < 1.29 is 14.7 Å². The average Bonchev–Trinajstić information content (AvgIpc) is 3.05. The molecule has 1 heterocycles. The number of carboxylic acid groups (broad SMARTS) is 1. The summed E-state index contributed by atoms with van der Waals surface area (Å²) < 4.78 is 0. The molecule has 5 nitrogen and oxygen atoms in total. The number of rotatable bonds is 3. The minimum Gasteiger partial charge on any atom is -0.481 e. The largest absolute Gasteiger partial charge is 0.481 e. The minimum absolute atomic E-state index is 0.0951. The molecule has 22 heavy (non-hydrogen) atoms. The van der Waals surface area contributed by atoms with E-state index in [9.17, 15) is 14.7 Å². The van der Waals surface area contributed by atoms with Gasteiger partial charge in [-0.1, -0.05) is 25.5 Å². The van der Waals surface area contributed by atoms with Crippen LogP contribution in [0.25, 0.3) is 0 Å². The van der Waals surface area contributed by atoms with Crippen LogP contribution in [0.2, 0.25) is 0 Å². The van der Waals surface area contributed by atoms with Crippen LogP contribution in [-0.4, -0.2) is 35.1 Å². The van der Waals surface area contributed by atoms with Crippen LogP contribution < -0.4 is 5.32 Å². The van der Waals surface area contributed by atoms with Gasteiger partial charge in [0.25, 0.3) is 0 Å². The first-order chi connectivity index (χ1) is 10.5. The van der Waals surface area contributed by atoms with Gasteiger partial charge in [0.2, 0.25) is 0 Å². The highest BCUT2D eigenvalue weighted by molar-refractivity contribution is 5.90. The number of likely N-dealkylation sites (tertiary alicyclic amines) is 1. The molecule has 0 radical (unpaired) electrons. The maximum absolute atomic E-state index is 12.4. The molecule has 0 spiro atoms. The van der Waals surface area contributed by atoms with Crippen molar-refractivity contribution in [2.45, 2.75) is 32.6 Å². The molecule has 1 saturated heterocycles. The molecule has 0 unspecified atom stereocenters. The van der Waals surface area contributed by atoms with Crippen molar-refractivity contribution in [3.63, 3.8) is 0 Å². The second-order valence-corrected chi connectivity index (χ2v) is 6.42. The Morgan fingerprint density at radius 3 is 2.95 bits per heavy atom. The van der Waals surface area contributed by atoms with Crippen LogP contribution in [0, 0.1) is 11.3 Å². The normalized spacial score (nSPS) is 26.8. The lowest BCUT2D eigenvalue weighted by atomic mass is 9.81. The van der Waals surface area contributed by atoms with Crippen LogP contribution in [0.4, 0.5) is 10.5 Å². The zero-order valence-corrected chi connectivity index (χ0v) is 12.8. The standard InChI is InChI=1S/C17H22N2O3/c1-2-12-5-3-7-14(9-12)18-16(22)19-10-13-6-4-8-17(13,11-19)15(20)21/h3,5,7,9,13H,2,4,6,8,10-11H2,1H3,(H,18,22)(H,20,21)/t13-,17+/m0/s1. The van der Waals surface area contributed by atoms with Crippen molar-refractivity contribution in [2.75, 3.05) is 18.4 Å². The number of fused-ring (bicyclic) bond motifs is 1. The van der Waals surface area contributed by atoms with Gasteiger partial charge in [-0.05, 0) is 42.9 Å². The maximum atomic E-state index is 12.4. The summed E-state index contributed by atoms with van der Waals surface area (Å²) in [5, 5.41) is 12.5. The first kappa shape index (κ1) is 14.9. The van der Waals surface area contributed by atoms with Gasteiger partial charge < -0.3 is 15.3 Å². The number of carbonyl (C=O) groups is 2. The van der Waals surface area contributed by atoms with E-state index in [-0.39, 0.29) is 11.9 Å². The van der Waals surface area contributed by atoms with E-state index in [2.05, 4.69) is 12.2 Å². The molecule has 5 heteroatoms. The van der Waals surface area contributed by atoms with Gasteiger partial charge in [-0.15, -0.1) is 0 Å². The Bertz CT molecular complexity index is 601. The van der Waals surface area contributed by atoms with Gasteiger partial charge in [-0.2, -0.15) is 0 Å². The molecule has 1 aliphatic carbocycles. The van der Waals surface area contributed by atoms with Crippen molar-refractivity contribution in [1.29, 1.82) is 0 Å². The number of hydrogen-bond donors (Lipinski definition) is 2. The highest BCUT2D eigenvalue weighted by Crippen LogP contribution is 2.48. The minimum atomic E-state index is -0.752. The summed E-state index contributed by atoms with van der Waals surface area (Å²) in [7, 11) is 0. The van der Waals surface area contributed by atoms with Crippen LogP contribution in [-0.2, 0) is 11.2 Å². The Hall–Kier alpha value is -2.04. The summed E-state index contributed by atoms with van der Waals surface area (Å²) in [6.45, 7) is 2.94. The molecular formula is C17H22N2O3. The Labute approximate surface area is 130 Å². The second-order valence-electron chi connectivity index (χ2n) is 6.42. The van der Waals surface area contributed by atoms with Gasteiger partial charge in [0, 0.05) is 18.8 Å². The third-order valence-corrected chi connectivity index (χ3v) is 5.17. The summed E-state index contributed by atoms with van der Waals surface area (Å²) >= 11 is 0. The summed E-state index contributed by atoms with van der Waals surface area (Å²) in [5.74, 6) is -0.656. The number of benzene rings is 1. The SMILES string of the molecule is CCc1cccc(NC(=O)N2C[C@@H]3CCC[C@@]3(C(=O)O)C2)c1. The zero-order valence-electron chi connectivity index (χ0n) is 12.8. The Morgan fingerprint density at radius 2 is 2.27 bits per heavy atom. The van der Waals surface area contributed by atoms with E-state index in [1.54, 1.807) is 4.90 Å². The molecule has 2 aliphatic rings. The number of anilines is 1. The van der Waals surface area contributed by atoms with E-state index in [1.165, 1.54) is 0 Å². The van der Waals surface area contributed by atoms with Crippen molar-refractivity contribution >= 4 is 17.7 Å². The molecule has 1 aliphatic heterocycles. The van der Waals surface area contributed by atoms with Crippen LogP contribution in [0.5, 0.6) is 0 Å². The van der Waals surface area contributed by atoms with Gasteiger partial charge in [0.05, 0.1) is 5.41 Å². The monoisotopic (exact) mass is 302 g/mol. The lowest BCUT2D eigenvalue weighted by Crippen LogP contribution is -2.38. The second kappa shape index (κ2) is 5.63. The highest BCUT2D eigenvalue weighted by atomic mass is 16.4. The van der Waals surface area contributed by atoms with E-state index in [4.69, 9.17) is 0 Å². The fraction of sp³-hybridized carbons (Fsp3) is 0.529. The smallest absolute Gasteiger partial charge is 0.321 e. The third-order valence-electron chi connectivity index (χ3n) is 5.17. The van der Waals surface area contributed by atoms with E-state index >= 15 is 0 Å². The fourth-order valence-electron chi connectivity index (χ4n) is 3.87. The number of nitrogens with one attached hydrogen (secondary N) is 1. The van der Waals surface area contributed by atoms with Gasteiger partial charge >= 0.3 is 12.0 Å². The van der Waals surface area contributed by atoms with Crippen LogP contribution in [0.15, 0.2) is 24.3 Å². The summed E-state index contributed by atoms with van der Waals surface area (Å²) in [5.41, 5.74) is 1.21. The van der Waals surface area contributed by atoms with Crippen molar-refractivity contribution in [2.24, 2.45) is 11.3 Å². The first-order valence-electron chi connectivity index (χ1n) is 7.93. The van der Waals surface area contributed by atoms with Crippen molar-refractivity contribution in [3.05, 3.63) is 29.8 Å². The van der Waals surface area contributed by atoms with Gasteiger partial charge in [-0.3, -0.25) is 4.79 Å². The van der Waals surface area contributed by atoms with Gasteiger partial charge in [0.1, 0.15) is 0 Å². The van der Waals surface area contributed by atoms with Crippen LogP contribution >= 0.6 is 0 Å². The van der Waals surface area contributed by atoms with E-state index in [0.717, 1.165) is 30.5 Å². The number of amides is 2. The number of urea groups is 1. The zero-order chi connectivity index (χ0) is 15.7. The van der Waals surface area contributed by atoms with Gasteiger partial charge in [0.15, 0.2) is 0 Å². The van der Waals surface area contributed by atoms with Crippen molar-refractivity contribution in [3.8, 4) is 0 Å². The molecule has 2 fully saturated rings. The van der Waals surface area contributed by atoms with Gasteiger partial charge in [-0.25, -0.2) is 4.79 Å². The maximum Gasteiger partial charge on any atom is 0.321 e. The summed E-state index contributed by atoms with van der Waals surface area (Å²) in [6, 6.07) is 7.58. The lowest BCUT2D eigenvalue weighted by molar-refractivity contribution is -0.149. The molecule has 1 aromatic carbocycles. The third kappa shape index (κ3) is 2.45. The predicted octanol–water partition coefficient (Wildman–Crippen LogP) is 2.97. The molecule has 2 amide bonds. The number of carbonyl (C=O) groups excluding carboxylic acids is 1. The lowest BCUT2D eigenvalue weighted by Gasteiger charge is -2.23. The molecule has 118 valence electrons. The topological polar surface area (TPSA) is 69.6 Å². The highest BCUT2D eigenvalue weighted by Gasteiger charge is 2.55. The number of nitrogens with zero attached hydrogens (tertiary/aromatic N) is 1.